The first-order chi connectivity index (χ1) is 12.9. The Bertz CT molecular complexity index is 807. The van der Waals surface area contributed by atoms with Crippen molar-refractivity contribution in [2.75, 3.05) is 0 Å². The molecule has 3 aromatic carbocycles. The number of aryl methyl sites for hydroxylation is 4. The Balaban J connectivity index is 1.92. The van der Waals surface area contributed by atoms with E-state index in [9.17, 15) is 5.11 Å². The molecule has 0 amide bonds. The van der Waals surface area contributed by atoms with Gasteiger partial charge in [0.15, 0.2) is 0 Å². The third-order valence-corrected chi connectivity index (χ3v) is 10.9. The average Bonchev–Trinajstić information content (AvgIpc) is 2.59. The van der Waals surface area contributed by atoms with Crippen LogP contribution in [0.2, 0.25) is 0 Å². The van der Waals surface area contributed by atoms with Crippen LogP contribution in [0.1, 0.15) is 43.9 Å². The first kappa shape index (κ1) is 19.9. The zero-order chi connectivity index (χ0) is 19.4. The van der Waals surface area contributed by atoms with Gasteiger partial charge in [0, 0.05) is 0 Å². The molecule has 1 N–H and O–H groups in total. The fourth-order valence-corrected chi connectivity index (χ4v) is 9.52. The SMILES string of the molecule is Cc1cc(C)cc([CH2][Ge]([CH2]c2cc(C)cc(C)c2)[CH](O)c2ccccc2)c1. The molecule has 1 nitrogen and oxygen atoms in total. The molecule has 27 heavy (non-hydrogen) atoms. The van der Waals surface area contributed by atoms with Crippen LogP contribution in [-0.2, 0) is 10.5 Å². The van der Waals surface area contributed by atoms with Gasteiger partial charge in [-0.05, 0) is 0 Å². The van der Waals surface area contributed by atoms with Gasteiger partial charge in [-0.1, -0.05) is 0 Å². The summed E-state index contributed by atoms with van der Waals surface area (Å²) in [6.45, 7) is 8.64. The van der Waals surface area contributed by atoms with E-state index >= 15 is 0 Å². The van der Waals surface area contributed by atoms with Gasteiger partial charge in [0.25, 0.3) is 0 Å². The third kappa shape index (κ3) is 5.57. The van der Waals surface area contributed by atoms with Crippen LogP contribution in [0.25, 0.3) is 0 Å². The molecule has 0 fully saturated rings. The van der Waals surface area contributed by atoms with E-state index < -0.39 is 14.3 Å². The summed E-state index contributed by atoms with van der Waals surface area (Å²) < 4.78 is 0. The Labute approximate surface area is 168 Å². The van der Waals surface area contributed by atoms with Gasteiger partial charge < -0.3 is 0 Å². The van der Waals surface area contributed by atoms with Gasteiger partial charge >= 0.3 is 168 Å². The van der Waals surface area contributed by atoms with Crippen LogP contribution in [-0.4, -0.2) is 19.5 Å². The number of aliphatic hydroxyl groups is 1. The van der Waals surface area contributed by atoms with Crippen LogP contribution in [0, 0.1) is 27.7 Å². The van der Waals surface area contributed by atoms with Crippen molar-refractivity contribution in [3.05, 3.63) is 106 Å². The summed E-state index contributed by atoms with van der Waals surface area (Å²) in [5.41, 5.74) is 9.06. The van der Waals surface area contributed by atoms with Crippen LogP contribution in [0.15, 0.2) is 66.7 Å². The molecule has 0 saturated carbocycles. The van der Waals surface area contributed by atoms with Crippen molar-refractivity contribution in [2.45, 2.75) is 43.1 Å². The molecule has 0 aliphatic carbocycles. The molecular formula is C25H29GeO. The van der Waals surface area contributed by atoms with Gasteiger partial charge in [-0.15, -0.1) is 0 Å². The van der Waals surface area contributed by atoms with E-state index in [1.165, 1.54) is 33.4 Å². The zero-order valence-corrected chi connectivity index (χ0v) is 18.9. The number of aliphatic hydroxyl groups excluding tert-OH is 1. The Hall–Kier alpha value is -1.84. The third-order valence-electron chi connectivity index (χ3n) is 4.93. The number of benzene rings is 3. The van der Waals surface area contributed by atoms with E-state index in [2.05, 4.69) is 76.2 Å². The quantitative estimate of drug-likeness (QED) is 0.521. The summed E-state index contributed by atoms with van der Waals surface area (Å²) in [4.78, 5) is -0.312. The van der Waals surface area contributed by atoms with E-state index in [4.69, 9.17) is 0 Å². The van der Waals surface area contributed by atoms with Gasteiger partial charge in [0.2, 0.25) is 0 Å². The summed E-state index contributed by atoms with van der Waals surface area (Å²) >= 11 is -1.87. The van der Waals surface area contributed by atoms with Crippen molar-refractivity contribution >= 4 is 14.3 Å². The van der Waals surface area contributed by atoms with E-state index in [0.717, 1.165) is 16.1 Å². The maximum absolute atomic E-state index is 11.3. The Kier molecular flexibility index (Phi) is 6.56. The summed E-state index contributed by atoms with van der Waals surface area (Å²) in [5.74, 6) is 0. The zero-order valence-electron chi connectivity index (χ0n) is 16.8. The van der Waals surface area contributed by atoms with Gasteiger partial charge in [-0.25, -0.2) is 0 Å². The summed E-state index contributed by atoms with van der Waals surface area (Å²) in [5, 5.41) is 13.3. The van der Waals surface area contributed by atoms with Crippen molar-refractivity contribution in [1.29, 1.82) is 0 Å². The molecule has 0 aromatic heterocycles. The first-order valence-corrected chi connectivity index (χ1v) is 13.8. The normalized spacial score (nSPS) is 12.4. The molecule has 0 bridgehead atoms. The second-order valence-electron chi connectivity index (χ2n) is 7.82. The van der Waals surface area contributed by atoms with Crippen molar-refractivity contribution in [3.8, 4) is 0 Å². The van der Waals surface area contributed by atoms with Gasteiger partial charge in [0.1, 0.15) is 0 Å². The minimum atomic E-state index is -1.87. The fourth-order valence-electron chi connectivity index (χ4n) is 3.99. The molecule has 0 saturated heterocycles. The summed E-state index contributed by atoms with van der Waals surface area (Å²) in [7, 11) is 0. The monoisotopic (exact) mass is 419 g/mol. The standard InChI is InChI=1S/C25H29GeO/c1-18-10-19(2)13-22(12-18)16-26(25(27)24-8-6-5-7-9-24)17-23-14-20(3)11-21(4)15-23/h5-15,25,27H,16-17H2,1-4H3. The Morgan fingerprint density at radius 3 is 1.48 bits per heavy atom. The van der Waals surface area contributed by atoms with Crippen LogP contribution >= 0.6 is 0 Å². The second-order valence-corrected chi connectivity index (χ2v) is 13.2. The molecule has 0 aliphatic rings. The van der Waals surface area contributed by atoms with Gasteiger partial charge in [-0.3, -0.25) is 0 Å². The van der Waals surface area contributed by atoms with Crippen molar-refractivity contribution in [1.82, 2.24) is 0 Å². The molecule has 2 heteroatoms. The molecule has 1 radical (unpaired) electrons. The molecule has 3 aromatic rings. The molecule has 1 atom stereocenters. The van der Waals surface area contributed by atoms with Crippen LogP contribution in [0.3, 0.4) is 0 Å². The van der Waals surface area contributed by atoms with E-state index in [1.807, 2.05) is 18.2 Å². The van der Waals surface area contributed by atoms with Crippen LogP contribution < -0.4 is 0 Å². The molecule has 0 heterocycles. The predicted molar refractivity (Wildman–Crippen MR) is 116 cm³/mol. The average molecular weight is 418 g/mol. The minimum absolute atomic E-state index is 0.312. The Morgan fingerprint density at radius 1 is 0.667 bits per heavy atom. The molecule has 139 valence electrons. The van der Waals surface area contributed by atoms with Gasteiger partial charge in [-0.2, -0.15) is 0 Å². The predicted octanol–water partition coefficient (Wildman–Crippen LogP) is 5.55. The first-order valence-electron chi connectivity index (χ1n) is 9.62. The van der Waals surface area contributed by atoms with Crippen LogP contribution in [0.5, 0.6) is 0 Å². The molecule has 3 rings (SSSR count). The maximum atomic E-state index is 11.3. The van der Waals surface area contributed by atoms with Crippen molar-refractivity contribution in [3.63, 3.8) is 0 Å². The molecular weight excluding hydrogens is 389 g/mol. The number of hydrogen-bond donors (Lipinski definition) is 1. The number of hydrogen-bond acceptors (Lipinski definition) is 1. The summed E-state index contributed by atoms with van der Waals surface area (Å²) in [6.07, 6.45) is 0. The van der Waals surface area contributed by atoms with Gasteiger partial charge in [0.05, 0.1) is 0 Å². The number of rotatable bonds is 6. The molecule has 0 spiro atoms. The Morgan fingerprint density at radius 2 is 1.07 bits per heavy atom. The summed E-state index contributed by atoms with van der Waals surface area (Å²) in [6, 6.07) is 23.8. The van der Waals surface area contributed by atoms with Crippen molar-refractivity contribution < 1.29 is 5.11 Å². The molecule has 0 aliphatic heterocycles. The van der Waals surface area contributed by atoms with Crippen molar-refractivity contribution in [2.24, 2.45) is 0 Å². The van der Waals surface area contributed by atoms with E-state index in [0.29, 0.717) is 0 Å². The topological polar surface area (TPSA) is 20.2 Å². The van der Waals surface area contributed by atoms with Crippen LogP contribution in [0.4, 0.5) is 0 Å². The second kappa shape index (κ2) is 8.90. The molecule has 1 unspecified atom stereocenters. The fraction of sp³-hybridized carbons (Fsp3) is 0.280. The van der Waals surface area contributed by atoms with E-state index in [1.54, 1.807) is 0 Å². The van der Waals surface area contributed by atoms with E-state index in [-0.39, 0.29) is 4.94 Å².